The largest absolute Gasteiger partial charge is 0.313 e. The summed E-state index contributed by atoms with van der Waals surface area (Å²) in [6.45, 7) is 7.86. The third-order valence-electron chi connectivity index (χ3n) is 3.30. The molecule has 1 aromatic heterocycles. The molecule has 0 amide bonds. The summed E-state index contributed by atoms with van der Waals surface area (Å²) in [4.78, 5) is 4.32. The lowest BCUT2D eigenvalue weighted by atomic mass is 9.94. The highest BCUT2D eigenvalue weighted by molar-refractivity contribution is 4.90. The average molecular weight is 238 g/mol. The Morgan fingerprint density at radius 3 is 2.65 bits per heavy atom. The quantitative estimate of drug-likeness (QED) is 0.754. The van der Waals surface area contributed by atoms with E-state index < -0.39 is 0 Å². The molecule has 0 bridgehead atoms. The van der Waals surface area contributed by atoms with Gasteiger partial charge in [0.25, 0.3) is 0 Å². The van der Waals surface area contributed by atoms with Crippen LogP contribution in [0.15, 0.2) is 6.33 Å². The Morgan fingerprint density at radius 1 is 1.35 bits per heavy atom. The zero-order chi connectivity index (χ0) is 12.7. The maximum Gasteiger partial charge on any atom is 0.138 e. The third kappa shape index (κ3) is 4.46. The molecule has 1 heterocycles. The molecule has 0 spiro atoms. The minimum atomic E-state index is 0.512. The summed E-state index contributed by atoms with van der Waals surface area (Å²) in [7, 11) is 1.96. The highest BCUT2D eigenvalue weighted by atomic mass is 15.3. The Morgan fingerprint density at radius 2 is 2.12 bits per heavy atom. The fourth-order valence-corrected chi connectivity index (χ4v) is 2.16. The second kappa shape index (κ2) is 7.43. The number of nitrogens with one attached hydrogen (secondary N) is 1. The van der Waals surface area contributed by atoms with Crippen molar-refractivity contribution in [2.45, 2.75) is 52.5 Å². The van der Waals surface area contributed by atoms with Crippen LogP contribution in [-0.4, -0.2) is 27.4 Å². The van der Waals surface area contributed by atoms with E-state index in [1.165, 1.54) is 19.3 Å². The standard InChI is InChI=1S/C13H26N4/c1-5-7-11(3)12(14-8-6-2)9-13-15-10-16-17(13)4/h10-12,14H,5-9H2,1-4H3. The van der Waals surface area contributed by atoms with Crippen molar-refractivity contribution in [1.82, 2.24) is 20.1 Å². The van der Waals surface area contributed by atoms with Crippen molar-refractivity contribution in [1.29, 1.82) is 0 Å². The van der Waals surface area contributed by atoms with Crippen molar-refractivity contribution in [3.8, 4) is 0 Å². The topological polar surface area (TPSA) is 42.7 Å². The van der Waals surface area contributed by atoms with Gasteiger partial charge in [0.15, 0.2) is 0 Å². The Bertz CT molecular complexity index is 308. The predicted molar refractivity (Wildman–Crippen MR) is 70.9 cm³/mol. The van der Waals surface area contributed by atoms with Crippen molar-refractivity contribution in [3.05, 3.63) is 12.2 Å². The first-order valence-electron chi connectivity index (χ1n) is 6.75. The SMILES string of the molecule is CCCNC(Cc1ncnn1C)C(C)CCC. The zero-order valence-electron chi connectivity index (χ0n) is 11.6. The van der Waals surface area contributed by atoms with Crippen molar-refractivity contribution in [2.24, 2.45) is 13.0 Å². The van der Waals surface area contributed by atoms with E-state index in [-0.39, 0.29) is 0 Å². The summed E-state index contributed by atoms with van der Waals surface area (Å²) in [5.41, 5.74) is 0. The molecular formula is C13H26N4. The molecular weight excluding hydrogens is 212 g/mol. The lowest BCUT2D eigenvalue weighted by Crippen LogP contribution is -2.38. The summed E-state index contributed by atoms with van der Waals surface area (Å²) >= 11 is 0. The maximum atomic E-state index is 4.32. The molecule has 0 fully saturated rings. The predicted octanol–water partition coefficient (Wildman–Crippen LogP) is 2.16. The first-order valence-corrected chi connectivity index (χ1v) is 6.75. The van der Waals surface area contributed by atoms with Gasteiger partial charge >= 0.3 is 0 Å². The van der Waals surface area contributed by atoms with Gasteiger partial charge in [0.2, 0.25) is 0 Å². The molecule has 1 rings (SSSR count). The van der Waals surface area contributed by atoms with Crippen molar-refractivity contribution in [3.63, 3.8) is 0 Å². The van der Waals surface area contributed by atoms with Gasteiger partial charge in [0.1, 0.15) is 12.2 Å². The van der Waals surface area contributed by atoms with Crippen LogP contribution in [0.2, 0.25) is 0 Å². The average Bonchev–Trinajstić information content (AvgIpc) is 2.70. The van der Waals surface area contributed by atoms with Crippen molar-refractivity contribution >= 4 is 0 Å². The van der Waals surface area contributed by atoms with E-state index in [1.807, 2.05) is 11.7 Å². The molecule has 2 atom stereocenters. The van der Waals surface area contributed by atoms with Gasteiger partial charge < -0.3 is 5.32 Å². The smallest absolute Gasteiger partial charge is 0.138 e. The molecule has 98 valence electrons. The van der Waals surface area contributed by atoms with E-state index in [9.17, 15) is 0 Å². The maximum absolute atomic E-state index is 4.32. The lowest BCUT2D eigenvalue weighted by Gasteiger charge is -2.24. The molecule has 0 radical (unpaired) electrons. The molecule has 4 heteroatoms. The highest BCUT2D eigenvalue weighted by Crippen LogP contribution is 2.14. The molecule has 1 aromatic rings. The Kier molecular flexibility index (Phi) is 6.19. The molecule has 2 unspecified atom stereocenters. The normalized spacial score (nSPS) is 14.8. The van der Waals surface area contributed by atoms with Crippen molar-refractivity contribution < 1.29 is 0 Å². The van der Waals surface area contributed by atoms with Gasteiger partial charge in [-0.2, -0.15) is 5.10 Å². The second-order valence-electron chi connectivity index (χ2n) is 4.83. The monoisotopic (exact) mass is 238 g/mol. The van der Waals surface area contributed by atoms with Gasteiger partial charge in [-0.1, -0.05) is 27.2 Å². The molecule has 0 aliphatic heterocycles. The minimum absolute atomic E-state index is 0.512. The summed E-state index contributed by atoms with van der Waals surface area (Å²) in [5, 5.41) is 7.77. The van der Waals surface area contributed by atoms with Gasteiger partial charge in [-0.05, 0) is 25.3 Å². The lowest BCUT2D eigenvalue weighted by molar-refractivity contribution is 0.345. The van der Waals surface area contributed by atoms with Crippen LogP contribution >= 0.6 is 0 Å². The van der Waals surface area contributed by atoms with E-state index in [0.29, 0.717) is 12.0 Å². The van der Waals surface area contributed by atoms with Crippen LogP contribution in [0, 0.1) is 5.92 Å². The van der Waals surface area contributed by atoms with Gasteiger partial charge in [-0.15, -0.1) is 0 Å². The third-order valence-corrected chi connectivity index (χ3v) is 3.30. The van der Waals surface area contributed by atoms with E-state index in [2.05, 4.69) is 36.2 Å². The van der Waals surface area contributed by atoms with E-state index in [4.69, 9.17) is 0 Å². The first kappa shape index (κ1) is 14.2. The van der Waals surface area contributed by atoms with Gasteiger partial charge in [0, 0.05) is 19.5 Å². The highest BCUT2D eigenvalue weighted by Gasteiger charge is 2.18. The number of rotatable bonds is 8. The van der Waals surface area contributed by atoms with Crippen molar-refractivity contribution in [2.75, 3.05) is 6.54 Å². The van der Waals surface area contributed by atoms with E-state index in [0.717, 1.165) is 18.8 Å². The number of hydrogen-bond acceptors (Lipinski definition) is 3. The Hall–Kier alpha value is -0.900. The Labute approximate surface area is 105 Å². The van der Waals surface area contributed by atoms with Crippen LogP contribution in [0.5, 0.6) is 0 Å². The van der Waals surface area contributed by atoms with Crippen LogP contribution in [0.1, 0.15) is 45.9 Å². The fraction of sp³-hybridized carbons (Fsp3) is 0.846. The van der Waals surface area contributed by atoms with E-state index >= 15 is 0 Å². The number of hydrogen-bond donors (Lipinski definition) is 1. The molecule has 0 saturated carbocycles. The fourth-order valence-electron chi connectivity index (χ4n) is 2.16. The molecule has 1 N–H and O–H groups in total. The molecule has 17 heavy (non-hydrogen) atoms. The van der Waals surface area contributed by atoms with E-state index in [1.54, 1.807) is 6.33 Å². The zero-order valence-corrected chi connectivity index (χ0v) is 11.6. The number of aromatic nitrogens is 3. The van der Waals surface area contributed by atoms with Gasteiger partial charge in [-0.25, -0.2) is 4.98 Å². The first-order chi connectivity index (χ1) is 8.19. The summed E-state index contributed by atoms with van der Waals surface area (Å²) < 4.78 is 1.87. The van der Waals surface area contributed by atoms with Crippen LogP contribution < -0.4 is 5.32 Å². The van der Waals surface area contributed by atoms with Gasteiger partial charge in [0.05, 0.1) is 0 Å². The summed E-state index contributed by atoms with van der Waals surface area (Å²) in [6.07, 6.45) is 6.28. The number of nitrogens with zero attached hydrogens (tertiary/aromatic N) is 3. The Balaban J connectivity index is 2.59. The molecule has 4 nitrogen and oxygen atoms in total. The molecule has 0 aliphatic rings. The summed E-state index contributed by atoms with van der Waals surface area (Å²) in [5.74, 6) is 1.75. The molecule has 0 aliphatic carbocycles. The molecule has 0 saturated heterocycles. The second-order valence-corrected chi connectivity index (χ2v) is 4.83. The van der Waals surface area contributed by atoms with Crippen LogP contribution in [0.4, 0.5) is 0 Å². The molecule has 0 aromatic carbocycles. The van der Waals surface area contributed by atoms with Crippen LogP contribution in [0.3, 0.4) is 0 Å². The minimum Gasteiger partial charge on any atom is -0.313 e. The van der Waals surface area contributed by atoms with Gasteiger partial charge in [-0.3, -0.25) is 4.68 Å². The summed E-state index contributed by atoms with van der Waals surface area (Å²) in [6, 6.07) is 0.512. The van der Waals surface area contributed by atoms with Crippen LogP contribution in [0.25, 0.3) is 0 Å². The van der Waals surface area contributed by atoms with Crippen LogP contribution in [-0.2, 0) is 13.5 Å². The number of aryl methyl sites for hydroxylation is 1.